The number of sulfonamides is 1. The highest BCUT2D eigenvalue weighted by Gasteiger charge is 2.33. The van der Waals surface area contributed by atoms with Gasteiger partial charge in [-0.05, 0) is 44.4 Å². The molecule has 2 aromatic rings. The van der Waals surface area contributed by atoms with Crippen LogP contribution in [0.1, 0.15) is 44.7 Å². The quantitative estimate of drug-likeness (QED) is 0.423. The Morgan fingerprint density at radius 3 is 2.27 bits per heavy atom. The van der Waals surface area contributed by atoms with Crippen LogP contribution in [0.5, 0.6) is 11.5 Å². The SMILES string of the molecule is CCC(C)NC(=O)C(CC)N(Cc1cccc(C)c1)C(=O)CN(c1cc(OC)ccc1OC)S(C)(=O)=O. The van der Waals surface area contributed by atoms with Gasteiger partial charge in [-0.3, -0.25) is 13.9 Å². The second kappa shape index (κ2) is 13.3. The number of benzene rings is 2. The third-order valence-corrected chi connectivity index (χ3v) is 7.28. The van der Waals surface area contributed by atoms with E-state index in [1.165, 1.54) is 25.2 Å². The number of hydrogen-bond donors (Lipinski definition) is 1. The molecule has 0 aliphatic carbocycles. The van der Waals surface area contributed by atoms with E-state index in [4.69, 9.17) is 9.47 Å². The van der Waals surface area contributed by atoms with Crippen molar-refractivity contribution in [1.82, 2.24) is 10.2 Å². The molecule has 37 heavy (non-hydrogen) atoms. The number of nitrogens with zero attached hydrogens (tertiary/aromatic N) is 2. The van der Waals surface area contributed by atoms with E-state index in [1.807, 2.05) is 52.0 Å². The van der Waals surface area contributed by atoms with Crippen LogP contribution in [0, 0.1) is 6.92 Å². The normalized spacial score (nSPS) is 12.8. The fourth-order valence-corrected chi connectivity index (χ4v) is 4.80. The average Bonchev–Trinajstić information content (AvgIpc) is 2.85. The molecular formula is C27H39N3O6S. The van der Waals surface area contributed by atoms with E-state index < -0.39 is 28.5 Å². The van der Waals surface area contributed by atoms with Crippen molar-refractivity contribution in [2.45, 2.75) is 59.2 Å². The third kappa shape index (κ3) is 8.11. The van der Waals surface area contributed by atoms with E-state index in [0.29, 0.717) is 12.2 Å². The second-order valence-corrected chi connectivity index (χ2v) is 11.0. The van der Waals surface area contributed by atoms with E-state index in [1.54, 1.807) is 12.1 Å². The van der Waals surface area contributed by atoms with Gasteiger partial charge in [-0.2, -0.15) is 0 Å². The lowest BCUT2D eigenvalue weighted by molar-refractivity contribution is -0.140. The first-order valence-electron chi connectivity index (χ1n) is 12.3. The fourth-order valence-electron chi connectivity index (χ4n) is 3.95. The molecule has 0 spiro atoms. The molecule has 1 N–H and O–H groups in total. The Labute approximate surface area is 220 Å². The van der Waals surface area contributed by atoms with Crippen LogP contribution in [-0.4, -0.2) is 64.2 Å². The molecule has 2 atom stereocenters. The largest absolute Gasteiger partial charge is 0.497 e. The Bertz CT molecular complexity index is 1180. The lowest BCUT2D eigenvalue weighted by atomic mass is 10.1. The van der Waals surface area contributed by atoms with Crippen LogP contribution in [0.15, 0.2) is 42.5 Å². The monoisotopic (exact) mass is 533 g/mol. The van der Waals surface area contributed by atoms with Gasteiger partial charge in [-0.15, -0.1) is 0 Å². The molecule has 0 radical (unpaired) electrons. The molecule has 2 amide bonds. The molecule has 9 nitrogen and oxygen atoms in total. The van der Waals surface area contributed by atoms with Crippen molar-refractivity contribution >= 4 is 27.5 Å². The first-order valence-corrected chi connectivity index (χ1v) is 14.1. The Morgan fingerprint density at radius 1 is 1.03 bits per heavy atom. The summed E-state index contributed by atoms with van der Waals surface area (Å²) in [4.78, 5) is 28.5. The van der Waals surface area contributed by atoms with E-state index in [-0.39, 0.29) is 29.9 Å². The average molecular weight is 534 g/mol. The van der Waals surface area contributed by atoms with Crippen molar-refractivity contribution in [3.63, 3.8) is 0 Å². The van der Waals surface area contributed by atoms with Crippen molar-refractivity contribution in [3.8, 4) is 11.5 Å². The van der Waals surface area contributed by atoms with Gasteiger partial charge in [0, 0.05) is 18.7 Å². The predicted octanol–water partition coefficient (Wildman–Crippen LogP) is 3.50. The highest BCUT2D eigenvalue weighted by atomic mass is 32.2. The van der Waals surface area contributed by atoms with Gasteiger partial charge in [-0.25, -0.2) is 8.42 Å². The number of methoxy groups -OCH3 is 2. The summed E-state index contributed by atoms with van der Waals surface area (Å²) in [6.07, 6.45) is 2.13. The van der Waals surface area contributed by atoms with Crippen LogP contribution in [0.4, 0.5) is 5.69 Å². The van der Waals surface area contributed by atoms with E-state index in [9.17, 15) is 18.0 Å². The van der Waals surface area contributed by atoms with Gasteiger partial charge in [0.2, 0.25) is 21.8 Å². The molecular weight excluding hydrogens is 494 g/mol. The molecule has 2 aromatic carbocycles. The summed E-state index contributed by atoms with van der Waals surface area (Å²) in [5.74, 6) is -0.107. The highest BCUT2D eigenvalue weighted by Crippen LogP contribution is 2.34. The lowest BCUT2D eigenvalue weighted by Gasteiger charge is -2.33. The predicted molar refractivity (Wildman–Crippen MR) is 145 cm³/mol. The van der Waals surface area contributed by atoms with E-state index in [0.717, 1.165) is 28.1 Å². The molecule has 0 saturated heterocycles. The lowest BCUT2D eigenvalue weighted by Crippen LogP contribution is -2.53. The molecule has 0 bridgehead atoms. The minimum atomic E-state index is -3.91. The van der Waals surface area contributed by atoms with E-state index >= 15 is 0 Å². The summed E-state index contributed by atoms with van der Waals surface area (Å²) >= 11 is 0. The smallest absolute Gasteiger partial charge is 0.244 e. The standard InChI is InChI=1S/C27H39N3O6S/c1-8-20(4)28-27(32)23(9-2)29(17-21-12-10-11-19(3)15-21)26(31)18-30(37(7,33)34)24-16-22(35-5)13-14-25(24)36-6/h10-16,20,23H,8-9,17-18H2,1-7H3,(H,28,32). The summed E-state index contributed by atoms with van der Waals surface area (Å²) in [6, 6.07) is 11.5. The zero-order valence-corrected chi connectivity index (χ0v) is 23.6. The van der Waals surface area contributed by atoms with Gasteiger partial charge < -0.3 is 19.7 Å². The van der Waals surface area contributed by atoms with Gasteiger partial charge in [0.15, 0.2) is 0 Å². The minimum Gasteiger partial charge on any atom is -0.497 e. The number of aryl methyl sites for hydroxylation is 1. The van der Waals surface area contributed by atoms with Crippen LogP contribution in [0.2, 0.25) is 0 Å². The van der Waals surface area contributed by atoms with Crippen LogP contribution in [-0.2, 0) is 26.2 Å². The summed E-state index contributed by atoms with van der Waals surface area (Å²) in [6.45, 7) is 7.28. The van der Waals surface area contributed by atoms with Gasteiger partial charge >= 0.3 is 0 Å². The van der Waals surface area contributed by atoms with Crippen molar-refractivity contribution < 1.29 is 27.5 Å². The molecule has 2 rings (SSSR count). The molecule has 204 valence electrons. The summed E-state index contributed by atoms with van der Waals surface area (Å²) in [7, 11) is -1.02. The topological polar surface area (TPSA) is 105 Å². The number of anilines is 1. The number of carbonyl (C=O) groups is 2. The maximum atomic E-state index is 13.8. The summed E-state index contributed by atoms with van der Waals surface area (Å²) < 4.78 is 37.4. The van der Waals surface area contributed by atoms with E-state index in [2.05, 4.69) is 5.32 Å². The van der Waals surface area contributed by atoms with Crippen molar-refractivity contribution in [1.29, 1.82) is 0 Å². The first kappa shape index (κ1) is 30.0. The van der Waals surface area contributed by atoms with Gasteiger partial charge in [0.25, 0.3) is 0 Å². The zero-order chi connectivity index (χ0) is 27.8. The molecule has 0 fully saturated rings. The summed E-state index contributed by atoms with van der Waals surface area (Å²) in [5, 5.41) is 2.96. The van der Waals surface area contributed by atoms with Crippen LogP contribution in [0.3, 0.4) is 0 Å². The molecule has 10 heteroatoms. The molecule has 2 unspecified atom stereocenters. The maximum absolute atomic E-state index is 13.8. The summed E-state index contributed by atoms with van der Waals surface area (Å²) in [5.41, 5.74) is 2.03. The second-order valence-electron chi connectivity index (χ2n) is 9.06. The number of amides is 2. The third-order valence-electron chi connectivity index (χ3n) is 6.16. The number of rotatable bonds is 13. The van der Waals surface area contributed by atoms with Gasteiger partial charge in [-0.1, -0.05) is 43.7 Å². The van der Waals surface area contributed by atoms with Crippen molar-refractivity contribution in [2.75, 3.05) is 31.3 Å². The van der Waals surface area contributed by atoms with Gasteiger partial charge in [0.05, 0.1) is 26.2 Å². The number of hydrogen-bond acceptors (Lipinski definition) is 6. The van der Waals surface area contributed by atoms with Crippen molar-refractivity contribution in [2.24, 2.45) is 0 Å². The van der Waals surface area contributed by atoms with Gasteiger partial charge in [0.1, 0.15) is 24.1 Å². The first-order chi connectivity index (χ1) is 17.4. The van der Waals surface area contributed by atoms with Crippen LogP contribution < -0.4 is 19.1 Å². The molecule has 0 aliphatic rings. The number of carbonyl (C=O) groups excluding carboxylic acids is 2. The Morgan fingerprint density at radius 2 is 1.73 bits per heavy atom. The Hall–Kier alpha value is -3.27. The van der Waals surface area contributed by atoms with Crippen LogP contribution >= 0.6 is 0 Å². The molecule has 0 saturated carbocycles. The molecule has 0 aromatic heterocycles. The highest BCUT2D eigenvalue weighted by molar-refractivity contribution is 7.92. The maximum Gasteiger partial charge on any atom is 0.244 e. The van der Waals surface area contributed by atoms with Crippen molar-refractivity contribution in [3.05, 3.63) is 53.6 Å². The molecule has 0 heterocycles. The zero-order valence-electron chi connectivity index (χ0n) is 22.8. The number of ether oxygens (including phenoxy) is 2. The minimum absolute atomic E-state index is 0.0639. The Kier molecular flexibility index (Phi) is 10.8. The fraction of sp³-hybridized carbons (Fsp3) is 0.481. The Balaban J connectivity index is 2.53. The number of nitrogens with one attached hydrogen (secondary N) is 1. The van der Waals surface area contributed by atoms with Crippen LogP contribution in [0.25, 0.3) is 0 Å². The molecule has 0 aliphatic heterocycles.